The van der Waals surface area contributed by atoms with Crippen molar-refractivity contribution >= 4 is 23.0 Å². The van der Waals surface area contributed by atoms with Gasteiger partial charge in [-0.1, -0.05) is 12.1 Å². The summed E-state index contributed by atoms with van der Waals surface area (Å²) in [5.41, 5.74) is 3.06. The molecular formula is C18H21FN2OS. The SMILES string of the molecule is Cc1ccc(OC[C@@H](C)NC(=S)Nc2cccc(F)c2)cc1C. The first kappa shape index (κ1) is 17.2. The van der Waals surface area contributed by atoms with Gasteiger partial charge >= 0.3 is 0 Å². The summed E-state index contributed by atoms with van der Waals surface area (Å²) in [4.78, 5) is 0. The predicted octanol–water partition coefficient (Wildman–Crippen LogP) is 4.20. The van der Waals surface area contributed by atoms with Crippen LogP contribution in [0.3, 0.4) is 0 Å². The molecule has 0 amide bonds. The van der Waals surface area contributed by atoms with E-state index in [1.54, 1.807) is 12.1 Å². The van der Waals surface area contributed by atoms with Gasteiger partial charge < -0.3 is 15.4 Å². The summed E-state index contributed by atoms with van der Waals surface area (Å²) < 4.78 is 18.9. The van der Waals surface area contributed by atoms with E-state index in [2.05, 4.69) is 24.5 Å². The molecule has 0 aliphatic heterocycles. The minimum atomic E-state index is -0.302. The van der Waals surface area contributed by atoms with Crippen LogP contribution in [0.15, 0.2) is 42.5 Å². The second kappa shape index (κ2) is 7.92. The Morgan fingerprint density at radius 3 is 2.65 bits per heavy atom. The highest BCUT2D eigenvalue weighted by atomic mass is 32.1. The van der Waals surface area contributed by atoms with Crippen molar-refractivity contribution in [2.24, 2.45) is 0 Å². The van der Waals surface area contributed by atoms with Crippen LogP contribution in [-0.2, 0) is 0 Å². The molecule has 0 aromatic heterocycles. The second-order valence-corrected chi connectivity index (χ2v) is 5.98. The first-order chi connectivity index (χ1) is 10.9. The standard InChI is InChI=1S/C18H21FN2OS/c1-12-7-8-17(9-13(12)2)22-11-14(3)20-18(23)21-16-6-4-5-15(19)10-16/h4-10,14H,11H2,1-3H3,(H2,20,21,23)/t14-/m1/s1. The molecule has 23 heavy (non-hydrogen) atoms. The second-order valence-electron chi connectivity index (χ2n) is 5.57. The van der Waals surface area contributed by atoms with Crippen molar-refractivity contribution in [1.29, 1.82) is 0 Å². The zero-order valence-electron chi connectivity index (χ0n) is 13.5. The van der Waals surface area contributed by atoms with Gasteiger partial charge in [0.15, 0.2) is 5.11 Å². The summed E-state index contributed by atoms with van der Waals surface area (Å²) in [6.07, 6.45) is 0. The maximum Gasteiger partial charge on any atom is 0.171 e. The predicted molar refractivity (Wildman–Crippen MR) is 96.6 cm³/mol. The Bertz CT molecular complexity index is 690. The van der Waals surface area contributed by atoms with Crippen molar-refractivity contribution in [3.05, 3.63) is 59.4 Å². The molecule has 0 bridgehead atoms. The molecule has 0 fully saturated rings. The molecule has 3 nitrogen and oxygen atoms in total. The highest BCUT2D eigenvalue weighted by Crippen LogP contribution is 2.16. The fraction of sp³-hybridized carbons (Fsp3) is 0.278. The molecule has 2 aromatic rings. The van der Waals surface area contributed by atoms with Gasteiger partial charge in [-0.2, -0.15) is 0 Å². The third kappa shape index (κ3) is 5.53. The van der Waals surface area contributed by atoms with Crippen LogP contribution in [0.2, 0.25) is 0 Å². The Hall–Kier alpha value is -2.14. The Morgan fingerprint density at radius 2 is 1.96 bits per heavy atom. The number of nitrogens with one attached hydrogen (secondary N) is 2. The van der Waals surface area contributed by atoms with Crippen molar-refractivity contribution in [2.75, 3.05) is 11.9 Å². The third-order valence-corrected chi connectivity index (χ3v) is 3.66. The average Bonchev–Trinajstić information content (AvgIpc) is 2.48. The Labute approximate surface area is 141 Å². The summed E-state index contributed by atoms with van der Waals surface area (Å²) in [6.45, 7) is 6.58. The van der Waals surface area contributed by atoms with E-state index in [4.69, 9.17) is 17.0 Å². The molecule has 0 heterocycles. The largest absolute Gasteiger partial charge is 0.491 e. The molecule has 0 spiro atoms. The lowest BCUT2D eigenvalue weighted by molar-refractivity contribution is 0.287. The van der Waals surface area contributed by atoms with Crippen molar-refractivity contribution in [3.8, 4) is 5.75 Å². The van der Waals surface area contributed by atoms with Crippen LogP contribution in [0.4, 0.5) is 10.1 Å². The van der Waals surface area contributed by atoms with Crippen molar-refractivity contribution in [2.45, 2.75) is 26.8 Å². The van der Waals surface area contributed by atoms with Gasteiger partial charge in [0.1, 0.15) is 18.2 Å². The van der Waals surface area contributed by atoms with Gasteiger partial charge in [-0.05, 0) is 74.4 Å². The zero-order chi connectivity index (χ0) is 16.8. The maximum atomic E-state index is 13.1. The van der Waals surface area contributed by atoms with E-state index in [1.165, 1.54) is 23.3 Å². The van der Waals surface area contributed by atoms with Crippen molar-refractivity contribution < 1.29 is 9.13 Å². The van der Waals surface area contributed by atoms with Gasteiger partial charge in [-0.3, -0.25) is 0 Å². The quantitative estimate of drug-likeness (QED) is 0.804. The van der Waals surface area contributed by atoms with E-state index in [0.29, 0.717) is 17.4 Å². The normalized spacial score (nSPS) is 11.7. The molecule has 0 aliphatic rings. The van der Waals surface area contributed by atoms with Crippen LogP contribution in [-0.4, -0.2) is 17.8 Å². The molecule has 5 heteroatoms. The number of halogens is 1. The van der Waals surface area contributed by atoms with Gasteiger partial charge in [-0.25, -0.2) is 4.39 Å². The minimum absolute atomic E-state index is 0.0187. The molecule has 122 valence electrons. The maximum absolute atomic E-state index is 13.1. The lowest BCUT2D eigenvalue weighted by atomic mass is 10.1. The van der Waals surface area contributed by atoms with Crippen LogP contribution < -0.4 is 15.4 Å². The molecule has 0 unspecified atom stereocenters. The van der Waals surface area contributed by atoms with E-state index in [9.17, 15) is 4.39 Å². The van der Waals surface area contributed by atoms with Crippen LogP contribution in [0.1, 0.15) is 18.1 Å². The first-order valence-corrected chi connectivity index (χ1v) is 7.88. The number of benzene rings is 2. The van der Waals surface area contributed by atoms with Crippen LogP contribution in [0.25, 0.3) is 0 Å². The molecule has 2 N–H and O–H groups in total. The molecular weight excluding hydrogens is 311 g/mol. The first-order valence-electron chi connectivity index (χ1n) is 7.47. The molecule has 0 saturated heterocycles. The fourth-order valence-corrected chi connectivity index (χ4v) is 2.34. The van der Waals surface area contributed by atoms with E-state index in [1.807, 2.05) is 25.1 Å². The molecule has 1 atom stereocenters. The summed E-state index contributed by atoms with van der Waals surface area (Å²) in [7, 11) is 0. The van der Waals surface area contributed by atoms with Gasteiger partial charge in [0, 0.05) is 5.69 Å². The molecule has 0 aliphatic carbocycles. The van der Waals surface area contributed by atoms with Gasteiger partial charge in [0.05, 0.1) is 6.04 Å². The van der Waals surface area contributed by atoms with E-state index < -0.39 is 0 Å². The highest BCUT2D eigenvalue weighted by molar-refractivity contribution is 7.80. The van der Waals surface area contributed by atoms with E-state index in [0.717, 1.165) is 5.75 Å². The lowest BCUT2D eigenvalue weighted by Crippen LogP contribution is -2.39. The average molecular weight is 332 g/mol. The number of rotatable bonds is 5. The minimum Gasteiger partial charge on any atom is -0.491 e. The number of hydrogen-bond donors (Lipinski definition) is 2. The van der Waals surface area contributed by atoms with Crippen LogP contribution in [0.5, 0.6) is 5.75 Å². The summed E-state index contributed by atoms with van der Waals surface area (Å²) >= 11 is 5.22. The molecule has 2 aromatic carbocycles. The number of ether oxygens (including phenoxy) is 1. The zero-order valence-corrected chi connectivity index (χ0v) is 14.3. The third-order valence-electron chi connectivity index (χ3n) is 3.44. The number of aryl methyl sites for hydroxylation is 2. The Morgan fingerprint density at radius 1 is 1.17 bits per heavy atom. The van der Waals surface area contributed by atoms with E-state index >= 15 is 0 Å². The fourth-order valence-electron chi connectivity index (χ4n) is 2.02. The smallest absolute Gasteiger partial charge is 0.171 e. The lowest BCUT2D eigenvalue weighted by Gasteiger charge is -2.18. The van der Waals surface area contributed by atoms with Gasteiger partial charge in [0.25, 0.3) is 0 Å². The van der Waals surface area contributed by atoms with Crippen molar-refractivity contribution in [3.63, 3.8) is 0 Å². The monoisotopic (exact) mass is 332 g/mol. The van der Waals surface area contributed by atoms with Crippen LogP contribution in [0, 0.1) is 19.7 Å². The Kier molecular flexibility index (Phi) is 5.93. The number of anilines is 1. The summed E-state index contributed by atoms with van der Waals surface area (Å²) in [5, 5.41) is 6.51. The Balaban J connectivity index is 1.80. The highest BCUT2D eigenvalue weighted by Gasteiger charge is 2.06. The van der Waals surface area contributed by atoms with Crippen molar-refractivity contribution in [1.82, 2.24) is 5.32 Å². The number of thiocarbonyl (C=S) groups is 1. The van der Waals surface area contributed by atoms with Gasteiger partial charge in [-0.15, -0.1) is 0 Å². The summed E-state index contributed by atoms with van der Waals surface area (Å²) in [5.74, 6) is 0.537. The van der Waals surface area contributed by atoms with Gasteiger partial charge in [0.2, 0.25) is 0 Å². The van der Waals surface area contributed by atoms with Crippen LogP contribution >= 0.6 is 12.2 Å². The molecule has 0 saturated carbocycles. The number of hydrogen-bond acceptors (Lipinski definition) is 2. The molecule has 2 rings (SSSR count). The topological polar surface area (TPSA) is 33.3 Å². The molecule has 0 radical (unpaired) electrons. The van der Waals surface area contributed by atoms with E-state index in [-0.39, 0.29) is 11.9 Å². The summed E-state index contributed by atoms with van der Waals surface area (Å²) in [6, 6.07) is 12.2.